The van der Waals surface area contributed by atoms with Gasteiger partial charge in [-0.25, -0.2) is 4.98 Å². The number of amides is 1. The van der Waals surface area contributed by atoms with E-state index in [2.05, 4.69) is 15.3 Å². The van der Waals surface area contributed by atoms with E-state index in [1.54, 1.807) is 6.20 Å². The highest BCUT2D eigenvalue weighted by atomic mass is 16.5. The highest BCUT2D eigenvalue weighted by Crippen LogP contribution is 2.23. The van der Waals surface area contributed by atoms with Crippen molar-refractivity contribution in [3.8, 4) is 17.0 Å². The number of ether oxygens (including phenoxy) is 1. The van der Waals surface area contributed by atoms with Crippen molar-refractivity contribution in [2.24, 2.45) is 0 Å². The summed E-state index contributed by atoms with van der Waals surface area (Å²) in [6.07, 6.45) is 6.49. The fourth-order valence-electron chi connectivity index (χ4n) is 3.65. The second-order valence-electron chi connectivity index (χ2n) is 7.27. The largest absolute Gasteiger partial charge is 0.481 e. The summed E-state index contributed by atoms with van der Waals surface area (Å²) in [5.74, 6) is 0.671. The number of nitrogens with one attached hydrogen (secondary N) is 1. The number of aromatic nitrogens is 2. The first-order chi connectivity index (χ1) is 13.7. The van der Waals surface area contributed by atoms with Gasteiger partial charge in [-0.1, -0.05) is 31.9 Å². The predicted molar refractivity (Wildman–Crippen MR) is 110 cm³/mol. The molecule has 144 valence electrons. The van der Waals surface area contributed by atoms with Crippen LogP contribution in [0.25, 0.3) is 22.3 Å². The Kier molecular flexibility index (Phi) is 5.51. The van der Waals surface area contributed by atoms with Crippen LogP contribution in [-0.2, 0) is 4.79 Å². The van der Waals surface area contributed by atoms with Gasteiger partial charge in [0.05, 0.1) is 22.9 Å². The van der Waals surface area contributed by atoms with Crippen LogP contribution in [0.5, 0.6) is 5.75 Å². The number of hydrogen-bond acceptors (Lipinski definition) is 4. The van der Waals surface area contributed by atoms with E-state index < -0.39 is 6.10 Å². The van der Waals surface area contributed by atoms with E-state index in [9.17, 15) is 4.79 Å². The molecule has 1 aliphatic carbocycles. The van der Waals surface area contributed by atoms with Crippen LogP contribution in [0.4, 0.5) is 0 Å². The Balaban J connectivity index is 1.44. The molecule has 0 saturated heterocycles. The predicted octanol–water partition coefficient (Wildman–Crippen LogP) is 4.51. The fraction of sp³-hybridized carbons (Fsp3) is 0.348. The van der Waals surface area contributed by atoms with Crippen LogP contribution in [0.15, 0.2) is 54.7 Å². The molecule has 4 rings (SSSR count). The van der Waals surface area contributed by atoms with Crippen molar-refractivity contribution in [3.63, 3.8) is 0 Å². The molecule has 1 saturated carbocycles. The van der Waals surface area contributed by atoms with Crippen LogP contribution < -0.4 is 10.1 Å². The lowest BCUT2D eigenvalue weighted by molar-refractivity contribution is -0.128. The summed E-state index contributed by atoms with van der Waals surface area (Å²) in [7, 11) is 0. The maximum absolute atomic E-state index is 12.5. The molecule has 0 radical (unpaired) electrons. The maximum Gasteiger partial charge on any atom is 0.261 e. The van der Waals surface area contributed by atoms with Crippen molar-refractivity contribution in [3.05, 3.63) is 54.7 Å². The van der Waals surface area contributed by atoms with Crippen molar-refractivity contribution >= 4 is 16.9 Å². The number of nitrogens with zero attached hydrogens (tertiary/aromatic N) is 2. The lowest BCUT2D eigenvalue weighted by atomic mass is 10.1. The standard InChI is InChI=1S/C23H25N3O2/c1-2-22(23(27)25-17-7-3-4-8-17)28-18-13-11-16(12-14-18)21-15-24-19-9-5-6-10-20(19)26-21/h5-6,9-15,17,22H,2-4,7-8H2,1H3,(H,25,27)/t22-/m0/s1. The van der Waals surface area contributed by atoms with Crippen molar-refractivity contribution in [2.45, 2.75) is 51.2 Å². The molecule has 1 aliphatic rings. The number of benzene rings is 2. The van der Waals surface area contributed by atoms with Gasteiger partial charge < -0.3 is 10.1 Å². The van der Waals surface area contributed by atoms with Crippen molar-refractivity contribution in [2.75, 3.05) is 0 Å². The normalized spacial score (nSPS) is 15.5. The molecule has 0 spiro atoms. The summed E-state index contributed by atoms with van der Waals surface area (Å²) in [5, 5.41) is 3.12. The van der Waals surface area contributed by atoms with Crippen molar-refractivity contribution < 1.29 is 9.53 Å². The summed E-state index contributed by atoms with van der Waals surface area (Å²) < 4.78 is 5.95. The molecule has 1 heterocycles. The molecule has 0 unspecified atom stereocenters. The first-order valence-electron chi connectivity index (χ1n) is 10.0. The minimum atomic E-state index is -0.466. The SMILES string of the molecule is CC[C@H](Oc1ccc(-c2cnc3ccccc3n2)cc1)C(=O)NC1CCCC1. The molecule has 1 N–H and O–H groups in total. The Morgan fingerprint density at radius 2 is 1.82 bits per heavy atom. The highest BCUT2D eigenvalue weighted by molar-refractivity contribution is 5.81. The summed E-state index contributed by atoms with van der Waals surface area (Å²) in [5.41, 5.74) is 3.53. The van der Waals surface area contributed by atoms with Gasteiger partial charge in [0.15, 0.2) is 6.10 Å². The van der Waals surface area contributed by atoms with E-state index >= 15 is 0 Å². The third kappa shape index (κ3) is 4.14. The smallest absolute Gasteiger partial charge is 0.261 e. The zero-order valence-electron chi connectivity index (χ0n) is 16.1. The second kappa shape index (κ2) is 8.38. The van der Waals surface area contributed by atoms with Crippen LogP contribution in [0, 0.1) is 0 Å². The molecule has 2 aromatic carbocycles. The summed E-state index contributed by atoms with van der Waals surface area (Å²) >= 11 is 0. The second-order valence-corrected chi connectivity index (χ2v) is 7.27. The number of rotatable bonds is 6. The van der Waals surface area contributed by atoms with Gasteiger partial charge in [0.25, 0.3) is 5.91 Å². The first-order valence-corrected chi connectivity index (χ1v) is 10.0. The molecule has 5 nitrogen and oxygen atoms in total. The van der Waals surface area contributed by atoms with Gasteiger partial charge in [0.1, 0.15) is 5.75 Å². The van der Waals surface area contributed by atoms with E-state index in [1.165, 1.54) is 12.8 Å². The van der Waals surface area contributed by atoms with Crippen LogP contribution in [0.3, 0.4) is 0 Å². The van der Waals surface area contributed by atoms with Crippen LogP contribution in [-0.4, -0.2) is 28.0 Å². The Bertz CT molecular complexity index is 949. The van der Waals surface area contributed by atoms with Gasteiger partial charge in [-0.05, 0) is 55.7 Å². The molecular weight excluding hydrogens is 350 g/mol. The maximum atomic E-state index is 12.5. The van der Waals surface area contributed by atoms with Crippen LogP contribution >= 0.6 is 0 Å². The molecule has 3 aromatic rings. The minimum absolute atomic E-state index is 0.0149. The number of carbonyl (C=O) groups excluding carboxylic acids is 1. The quantitative estimate of drug-likeness (QED) is 0.688. The van der Waals surface area contributed by atoms with Crippen LogP contribution in [0.1, 0.15) is 39.0 Å². The molecule has 0 bridgehead atoms. The highest BCUT2D eigenvalue weighted by Gasteiger charge is 2.23. The molecule has 1 atom stereocenters. The molecule has 1 fully saturated rings. The first kappa shape index (κ1) is 18.4. The summed E-state index contributed by atoms with van der Waals surface area (Å²) in [4.78, 5) is 21.6. The average Bonchev–Trinajstić information content (AvgIpc) is 3.25. The van der Waals surface area contributed by atoms with E-state index in [4.69, 9.17) is 4.74 Å². The summed E-state index contributed by atoms with van der Waals surface area (Å²) in [6.45, 7) is 1.97. The number of carbonyl (C=O) groups is 1. The summed E-state index contributed by atoms with van der Waals surface area (Å²) in [6, 6.07) is 15.8. The van der Waals surface area contributed by atoms with Gasteiger partial charge in [0.2, 0.25) is 0 Å². The van der Waals surface area contributed by atoms with Gasteiger partial charge in [0, 0.05) is 11.6 Å². The Morgan fingerprint density at radius 1 is 1.11 bits per heavy atom. The minimum Gasteiger partial charge on any atom is -0.481 e. The van der Waals surface area contributed by atoms with Gasteiger partial charge >= 0.3 is 0 Å². The molecule has 5 heteroatoms. The average molecular weight is 375 g/mol. The number of fused-ring (bicyclic) bond motifs is 1. The van der Waals surface area contributed by atoms with Crippen molar-refractivity contribution in [1.29, 1.82) is 0 Å². The zero-order chi connectivity index (χ0) is 19.3. The topological polar surface area (TPSA) is 64.1 Å². The lowest BCUT2D eigenvalue weighted by Gasteiger charge is -2.20. The number of hydrogen-bond donors (Lipinski definition) is 1. The number of para-hydroxylation sites is 2. The monoisotopic (exact) mass is 375 g/mol. The van der Waals surface area contributed by atoms with E-state index in [0.29, 0.717) is 18.2 Å². The van der Waals surface area contributed by atoms with E-state index in [0.717, 1.165) is 35.1 Å². The van der Waals surface area contributed by atoms with Gasteiger partial charge in [-0.2, -0.15) is 0 Å². The Labute approximate surface area is 165 Å². The zero-order valence-corrected chi connectivity index (χ0v) is 16.1. The van der Waals surface area contributed by atoms with E-state index in [-0.39, 0.29) is 5.91 Å². The third-order valence-corrected chi connectivity index (χ3v) is 5.24. The molecule has 0 aliphatic heterocycles. The fourth-order valence-corrected chi connectivity index (χ4v) is 3.65. The molecule has 1 amide bonds. The van der Waals surface area contributed by atoms with Gasteiger partial charge in [-0.3, -0.25) is 9.78 Å². The lowest BCUT2D eigenvalue weighted by Crippen LogP contribution is -2.42. The van der Waals surface area contributed by atoms with Gasteiger partial charge in [-0.15, -0.1) is 0 Å². The Morgan fingerprint density at radius 3 is 2.54 bits per heavy atom. The molecule has 1 aromatic heterocycles. The van der Waals surface area contributed by atoms with Crippen molar-refractivity contribution in [1.82, 2.24) is 15.3 Å². The molecular formula is C23H25N3O2. The van der Waals surface area contributed by atoms with Crippen LogP contribution in [0.2, 0.25) is 0 Å². The van der Waals surface area contributed by atoms with E-state index in [1.807, 2.05) is 55.5 Å². The third-order valence-electron chi connectivity index (χ3n) is 5.24. The Hall–Kier alpha value is -2.95. The molecule has 28 heavy (non-hydrogen) atoms.